The molecule has 2 fully saturated rings. The van der Waals surface area contributed by atoms with E-state index >= 15 is 0 Å². The number of amides is 2. The molecule has 3 aliphatic rings. The normalized spacial score (nSPS) is 25.2. The van der Waals surface area contributed by atoms with Crippen LogP contribution in [0.5, 0.6) is 0 Å². The first-order valence-corrected chi connectivity index (χ1v) is 11.8. The molecule has 2 aromatic heterocycles. The number of aromatic nitrogens is 3. The SMILES string of the molecule is NC(=O)[C@@H]1[C@H](Nc2nc(Nc3cccc(C(=O)N4CCCC4)c3)nc3[nH]ccc23)[C@H]2C=C[C@@H]1C2. The van der Waals surface area contributed by atoms with Crippen LogP contribution in [0.3, 0.4) is 0 Å². The molecule has 3 heterocycles. The molecule has 0 unspecified atom stereocenters. The number of allylic oxidation sites excluding steroid dienone is 1. The average Bonchev–Trinajstić information content (AvgIpc) is 3.63. The third-order valence-electron chi connectivity index (χ3n) is 7.27. The monoisotopic (exact) mass is 457 g/mol. The summed E-state index contributed by atoms with van der Waals surface area (Å²) in [5.74, 6) is 0.974. The summed E-state index contributed by atoms with van der Waals surface area (Å²) < 4.78 is 0. The van der Waals surface area contributed by atoms with Crippen LogP contribution in [0.1, 0.15) is 29.6 Å². The largest absolute Gasteiger partial charge is 0.369 e. The summed E-state index contributed by atoms with van der Waals surface area (Å²) in [6, 6.07) is 9.23. The van der Waals surface area contributed by atoms with E-state index in [0.29, 0.717) is 23.0 Å². The molecule has 174 valence electrons. The highest BCUT2D eigenvalue weighted by Crippen LogP contribution is 2.45. The standard InChI is InChI=1S/C25H27N7O2/c26-21(33)19-14-6-7-15(12-14)20(19)29-23-18-8-9-27-22(18)30-25(31-23)28-17-5-3-4-16(13-17)24(34)32-10-1-2-11-32/h3-9,13-15,19-20H,1-2,10-12H2,(H2,26,33)(H3,27,28,29,30,31)/t14-,15+,19+,20-/m1/s1. The number of rotatable bonds is 6. The van der Waals surface area contributed by atoms with Gasteiger partial charge in [-0.1, -0.05) is 18.2 Å². The van der Waals surface area contributed by atoms with E-state index < -0.39 is 0 Å². The lowest BCUT2D eigenvalue weighted by molar-refractivity contribution is -0.122. The van der Waals surface area contributed by atoms with Crippen molar-refractivity contribution in [3.05, 3.63) is 54.2 Å². The number of fused-ring (bicyclic) bond motifs is 3. The van der Waals surface area contributed by atoms with Crippen molar-refractivity contribution in [3.8, 4) is 0 Å². The predicted molar refractivity (Wildman–Crippen MR) is 130 cm³/mol. The zero-order chi connectivity index (χ0) is 23.2. The number of aromatic amines is 1. The maximum absolute atomic E-state index is 12.8. The molecule has 0 radical (unpaired) electrons. The van der Waals surface area contributed by atoms with Crippen LogP contribution in [0, 0.1) is 17.8 Å². The predicted octanol–water partition coefficient (Wildman–Crippen LogP) is 3.03. The van der Waals surface area contributed by atoms with Crippen molar-refractivity contribution in [1.29, 1.82) is 0 Å². The first-order valence-electron chi connectivity index (χ1n) is 11.8. The number of nitrogens with one attached hydrogen (secondary N) is 3. The lowest BCUT2D eigenvalue weighted by atomic mass is 9.88. The molecule has 2 amide bonds. The fraction of sp³-hybridized carbons (Fsp3) is 0.360. The third-order valence-corrected chi connectivity index (χ3v) is 7.27. The van der Waals surface area contributed by atoms with E-state index in [-0.39, 0.29) is 35.6 Å². The maximum Gasteiger partial charge on any atom is 0.253 e. The van der Waals surface area contributed by atoms with Crippen LogP contribution in [0.15, 0.2) is 48.7 Å². The molecule has 9 heteroatoms. The Balaban J connectivity index is 1.28. The number of H-pyrrole nitrogens is 1. The van der Waals surface area contributed by atoms with E-state index in [1.807, 2.05) is 41.4 Å². The van der Waals surface area contributed by atoms with Gasteiger partial charge in [0.05, 0.1) is 11.3 Å². The average molecular weight is 458 g/mol. The highest BCUT2D eigenvalue weighted by atomic mass is 16.2. The maximum atomic E-state index is 12.8. The Morgan fingerprint density at radius 1 is 1.09 bits per heavy atom. The summed E-state index contributed by atoms with van der Waals surface area (Å²) in [6.07, 6.45) is 9.12. The topological polar surface area (TPSA) is 129 Å². The van der Waals surface area contributed by atoms with Crippen LogP contribution in [0.25, 0.3) is 11.0 Å². The van der Waals surface area contributed by atoms with Gasteiger partial charge in [0.2, 0.25) is 11.9 Å². The Labute approximate surface area is 196 Å². The van der Waals surface area contributed by atoms with Crippen LogP contribution in [-0.4, -0.2) is 50.8 Å². The van der Waals surface area contributed by atoms with E-state index in [4.69, 9.17) is 10.7 Å². The summed E-state index contributed by atoms with van der Waals surface area (Å²) in [4.78, 5) is 39.3. The van der Waals surface area contributed by atoms with E-state index in [0.717, 1.165) is 43.4 Å². The number of benzene rings is 1. The van der Waals surface area contributed by atoms with Gasteiger partial charge < -0.3 is 26.3 Å². The zero-order valence-electron chi connectivity index (χ0n) is 18.7. The van der Waals surface area contributed by atoms with Gasteiger partial charge in [-0.25, -0.2) is 0 Å². The van der Waals surface area contributed by atoms with Gasteiger partial charge in [0.15, 0.2) is 0 Å². The first-order chi connectivity index (χ1) is 16.6. The van der Waals surface area contributed by atoms with Crippen molar-refractivity contribution in [1.82, 2.24) is 19.9 Å². The lowest BCUT2D eigenvalue weighted by Crippen LogP contribution is -2.41. The molecule has 1 aromatic carbocycles. The molecule has 0 spiro atoms. The van der Waals surface area contributed by atoms with Crippen molar-refractivity contribution >= 4 is 40.3 Å². The smallest absolute Gasteiger partial charge is 0.253 e. The van der Waals surface area contributed by atoms with Crippen molar-refractivity contribution in [3.63, 3.8) is 0 Å². The summed E-state index contributed by atoms with van der Waals surface area (Å²) >= 11 is 0. The van der Waals surface area contributed by atoms with E-state index in [1.54, 1.807) is 0 Å². The van der Waals surface area contributed by atoms with E-state index in [9.17, 15) is 9.59 Å². The fourth-order valence-corrected chi connectivity index (χ4v) is 5.63. The quantitative estimate of drug-likeness (QED) is 0.421. The number of carbonyl (C=O) groups is 2. The molecule has 3 aromatic rings. The third kappa shape index (κ3) is 3.57. The number of carbonyl (C=O) groups excluding carboxylic acids is 2. The molecule has 2 aliphatic carbocycles. The molecule has 2 bridgehead atoms. The van der Waals surface area contributed by atoms with E-state index in [2.05, 4.69) is 32.8 Å². The Morgan fingerprint density at radius 2 is 1.91 bits per heavy atom. The molecule has 1 aliphatic heterocycles. The van der Waals surface area contributed by atoms with Crippen LogP contribution >= 0.6 is 0 Å². The molecule has 9 nitrogen and oxygen atoms in total. The number of hydrogen-bond acceptors (Lipinski definition) is 6. The number of hydrogen-bond donors (Lipinski definition) is 4. The van der Waals surface area contributed by atoms with Gasteiger partial charge in [-0.3, -0.25) is 9.59 Å². The molecular weight excluding hydrogens is 430 g/mol. The van der Waals surface area contributed by atoms with E-state index in [1.165, 1.54) is 0 Å². The van der Waals surface area contributed by atoms with Gasteiger partial charge >= 0.3 is 0 Å². The van der Waals surface area contributed by atoms with Crippen LogP contribution < -0.4 is 16.4 Å². The zero-order valence-corrected chi connectivity index (χ0v) is 18.7. The Kier molecular flexibility index (Phi) is 4.97. The first kappa shape index (κ1) is 20.7. The second-order valence-electron chi connectivity index (χ2n) is 9.39. The number of nitrogens with zero attached hydrogens (tertiary/aromatic N) is 3. The van der Waals surface area contributed by atoms with Crippen LogP contribution in [0.4, 0.5) is 17.5 Å². The highest BCUT2D eigenvalue weighted by Gasteiger charge is 2.47. The van der Waals surface area contributed by atoms with Gasteiger partial charge in [0.1, 0.15) is 11.5 Å². The summed E-state index contributed by atoms with van der Waals surface area (Å²) in [5.41, 5.74) is 7.80. The van der Waals surface area contributed by atoms with Crippen molar-refractivity contribution in [2.75, 3.05) is 23.7 Å². The van der Waals surface area contributed by atoms with Gasteiger partial charge in [-0.2, -0.15) is 9.97 Å². The minimum atomic E-state index is -0.286. The summed E-state index contributed by atoms with van der Waals surface area (Å²) in [7, 11) is 0. The molecule has 1 saturated carbocycles. The second-order valence-corrected chi connectivity index (χ2v) is 9.39. The van der Waals surface area contributed by atoms with Crippen LogP contribution in [-0.2, 0) is 4.79 Å². The van der Waals surface area contributed by atoms with Gasteiger partial charge in [-0.05, 0) is 55.4 Å². The lowest BCUT2D eigenvalue weighted by Gasteiger charge is -2.27. The molecule has 34 heavy (non-hydrogen) atoms. The highest BCUT2D eigenvalue weighted by molar-refractivity contribution is 5.95. The number of nitrogens with two attached hydrogens (primary N) is 1. The summed E-state index contributed by atoms with van der Waals surface area (Å²) in [5, 5.41) is 7.59. The van der Waals surface area contributed by atoms with Gasteiger partial charge in [-0.15, -0.1) is 0 Å². The fourth-order valence-electron chi connectivity index (χ4n) is 5.63. The van der Waals surface area contributed by atoms with Gasteiger partial charge in [0, 0.05) is 36.6 Å². The van der Waals surface area contributed by atoms with Crippen molar-refractivity contribution < 1.29 is 9.59 Å². The van der Waals surface area contributed by atoms with Crippen molar-refractivity contribution in [2.45, 2.75) is 25.3 Å². The molecular formula is C25H27N7O2. The molecule has 1 saturated heterocycles. The van der Waals surface area contributed by atoms with Crippen LogP contribution in [0.2, 0.25) is 0 Å². The van der Waals surface area contributed by atoms with Gasteiger partial charge in [0.25, 0.3) is 5.91 Å². The minimum Gasteiger partial charge on any atom is -0.369 e. The van der Waals surface area contributed by atoms with Crippen molar-refractivity contribution in [2.24, 2.45) is 23.5 Å². The minimum absolute atomic E-state index is 0.0473. The summed E-state index contributed by atoms with van der Waals surface area (Å²) in [6.45, 7) is 1.62. The Bertz CT molecular complexity index is 1290. The number of anilines is 3. The molecule has 5 N–H and O–H groups in total. The number of primary amides is 1. The number of likely N-dealkylation sites (tertiary alicyclic amines) is 1. The molecule has 6 rings (SSSR count). The Hall–Kier alpha value is -3.88. The Morgan fingerprint density at radius 3 is 2.74 bits per heavy atom. The second kappa shape index (κ2) is 8.16. The molecule has 4 atom stereocenters.